The van der Waals surface area contributed by atoms with Gasteiger partial charge in [0.25, 0.3) is 0 Å². The van der Waals surface area contributed by atoms with Crippen LogP contribution >= 0.6 is 0 Å². The van der Waals surface area contributed by atoms with Crippen LogP contribution in [0.15, 0.2) is 11.6 Å². The summed E-state index contributed by atoms with van der Waals surface area (Å²) in [5.74, 6) is 1.53. The maximum atomic E-state index is 12.0. The molecule has 2 saturated heterocycles. The number of hydrogen-bond donors (Lipinski definition) is 1. The van der Waals surface area contributed by atoms with Gasteiger partial charge in [-0.25, -0.2) is 0 Å². The maximum absolute atomic E-state index is 12.0. The fourth-order valence-corrected chi connectivity index (χ4v) is 8.36. The number of ketones is 1. The summed E-state index contributed by atoms with van der Waals surface area (Å²) in [7, 11) is 0. The maximum Gasteiger partial charge on any atom is 0.166 e. The molecule has 3 saturated carbocycles. The van der Waals surface area contributed by atoms with Crippen LogP contribution in [0.5, 0.6) is 0 Å². The van der Waals surface area contributed by atoms with E-state index in [-0.39, 0.29) is 22.9 Å². The van der Waals surface area contributed by atoms with Crippen LogP contribution in [0.3, 0.4) is 0 Å². The SMILES string of the molecule is CC1(O)OC[C@]23CC4OC[C@]56CCC(=O)C=C5CC[C@H]([C@H]46)[C@@H]2CC[C@H]13. The third kappa shape index (κ3) is 1.68. The predicted molar refractivity (Wildman–Crippen MR) is 90.6 cm³/mol. The molecule has 2 aliphatic heterocycles. The minimum absolute atomic E-state index is 0.118. The van der Waals surface area contributed by atoms with Gasteiger partial charge in [-0.2, -0.15) is 0 Å². The van der Waals surface area contributed by atoms with Crippen molar-refractivity contribution in [3.8, 4) is 0 Å². The smallest absolute Gasteiger partial charge is 0.166 e. The van der Waals surface area contributed by atoms with Gasteiger partial charge in [0.05, 0.1) is 19.3 Å². The summed E-state index contributed by atoms with van der Waals surface area (Å²) >= 11 is 0. The lowest BCUT2D eigenvalue weighted by Gasteiger charge is -2.56. The minimum atomic E-state index is -0.963. The van der Waals surface area contributed by atoms with E-state index in [2.05, 4.69) is 0 Å². The van der Waals surface area contributed by atoms with E-state index in [4.69, 9.17) is 9.47 Å². The number of ether oxygens (including phenoxy) is 2. The highest BCUT2D eigenvalue weighted by Gasteiger charge is 2.71. The van der Waals surface area contributed by atoms with Crippen LogP contribution in [0, 0.1) is 34.5 Å². The van der Waals surface area contributed by atoms with Crippen LogP contribution in [0.25, 0.3) is 0 Å². The lowest BCUT2D eigenvalue weighted by atomic mass is 9.46. The third-order valence-electron chi connectivity index (χ3n) is 9.17. The second-order valence-corrected chi connectivity index (χ2v) is 9.89. The van der Waals surface area contributed by atoms with Gasteiger partial charge in [-0.3, -0.25) is 4.79 Å². The van der Waals surface area contributed by atoms with E-state index in [1.807, 2.05) is 13.0 Å². The average Bonchev–Trinajstić information content (AvgIpc) is 3.21. The fourth-order valence-electron chi connectivity index (χ4n) is 8.36. The van der Waals surface area contributed by atoms with E-state index in [9.17, 15) is 9.90 Å². The zero-order valence-corrected chi connectivity index (χ0v) is 15.0. The summed E-state index contributed by atoms with van der Waals surface area (Å²) < 4.78 is 12.4. The zero-order valence-electron chi connectivity index (χ0n) is 15.0. The second kappa shape index (κ2) is 4.58. The Hall–Kier alpha value is -0.710. The van der Waals surface area contributed by atoms with E-state index >= 15 is 0 Å². The van der Waals surface area contributed by atoms with Gasteiger partial charge in [0.1, 0.15) is 0 Å². The second-order valence-electron chi connectivity index (χ2n) is 9.89. The van der Waals surface area contributed by atoms with Crippen molar-refractivity contribution in [3.63, 3.8) is 0 Å². The standard InChI is InChI=1S/C21H28O4/c1-19(23)17-5-4-15-14-3-2-12-8-13(22)6-7-20(12)10-24-16(18(14)20)9-21(15,17)11-25-19/h8,14-18,23H,2-7,9-11H2,1H3/t14-,15-,16?,17+,18+,19?,20+,21+/m0/s1. The summed E-state index contributed by atoms with van der Waals surface area (Å²) in [5.41, 5.74) is 1.66. The van der Waals surface area contributed by atoms with Crippen molar-refractivity contribution < 1.29 is 19.4 Å². The van der Waals surface area contributed by atoms with Gasteiger partial charge in [-0.15, -0.1) is 0 Å². The highest BCUT2D eigenvalue weighted by molar-refractivity contribution is 5.91. The minimum Gasteiger partial charge on any atom is -0.377 e. The van der Waals surface area contributed by atoms with Crippen LogP contribution in [-0.4, -0.2) is 36.0 Å². The normalized spacial score (nSPS) is 59.0. The van der Waals surface area contributed by atoms with Gasteiger partial charge in [-0.1, -0.05) is 5.57 Å². The van der Waals surface area contributed by atoms with E-state index in [1.54, 1.807) is 0 Å². The molecule has 0 aromatic carbocycles. The Bertz CT molecular complexity index is 681. The van der Waals surface area contributed by atoms with Crippen molar-refractivity contribution in [2.24, 2.45) is 34.5 Å². The van der Waals surface area contributed by atoms with Gasteiger partial charge >= 0.3 is 0 Å². The fraction of sp³-hybridized carbons (Fsp3) is 0.857. The number of aliphatic hydroxyl groups is 1. The molecular weight excluding hydrogens is 316 g/mol. The van der Waals surface area contributed by atoms with Crippen LogP contribution in [0.4, 0.5) is 0 Å². The number of fused-ring (bicyclic) bond motifs is 1. The molecule has 0 aromatic heterocycles. The largest absolute Gasteiger partial charge is 0.377 e. The van der Waals surface area contributed by atoms with Crippen molar-refractivity contribution in [1.29, 1.82) is 0 Å². The molecule has 0 aromatic rings. The molecule has 2 heterocycles. The van der Waals surface area contributed by atoms with E-state index in [0.29, 0.717) is 36.6 Å². The molecule has 4 nitrogen and oxygen atoms in total. The lowest BCUT2D eigenvalue weighted by Crippen LogP contribution is -2.55. The van der Waals surface area contributed by atoms with Gasteiger partial charge in [0.2, 0.25) is 0 Å². The van der Waals surface area contributed by atoms with Gasteiger partial charge in [0, 0.05) is 23.2 Å². The molecule has 0 amide bonds. The first-order chi connectivity index (χ1) is 12.0. The van der Waals surface area contributed by atoms with Gasteiger partial charge in [-0.05, 0) is 69.3 Å². The Morgan fingerprint density at radius 3 is 2.96 bits per heavy atom. The lowest BCUT2D eigenvalue weighted by molar-refractivity contribution is -0.180. The molecule has 8 atom stereocenters. The van der Waals surface area contributed by atoms with Crippen LogP contribution in [-0.2, 0) is 14.3 Å². The first-order valence-electron chi connectivity index (χ1n) is 10.2. The molecule has 2 unspecified atom stereocenters. The Kier molecular flexibility index (Phi) is 2.81. The Balaban J connectivity index is 1.43. The highest BCUT2D eigenvalue weighted by Crippen LogP contribution is 2.72. The highest BCUT2D eigenvalue weighted by atomic mass is 16.6. The summed E-state index contributed by atoms with van der Waals surface area (Å²) in [6.07, 6.45) is 9.56. The molecule has 0 radical (unpaired) electrons. The summed E-state index contributed by atoms with van der Waals surface area (Å²) in [6, 6.07) is 0. The number of rotatable bonds is 0. The Morgan fingerprint density at radius 1 is 1.20 bits per heavy atom. The predicted octanol–water partition coefficient (Wildman–Crippen LogP) is 2.84. The molecule has 1 N–H and O–H groups in total. The molecule has 4 aliphatic carbocycles. The van der Waals surface area contributed by atoms with Crippen LogP contribution in [0.1, 0.15) is 51.9 Å². The molecule has 2 spiro atoms. The molecule has 136 valence electrons. The molecular formula is C21H28O4. The van der Waals surface area contributed by atoms with Gasteiger partial charge in [0.15, 0.2) is 11.6 Å². The third-order valence-corrected chi connectivity index (χ3v) is 9.17. The number of hydrogen-bond acceptors (Lipinski definition) is 4. The van der Waals surface area contributed by atoms with Crippen molar-refractivity contribution in [2.45, 2.75) is 63.8 Å². The Labute approximate surface area is 148 Å². The Morgan fingerprint density at radius 2 is 2.08 bits per heavy atom. The molecule has 6 rings (SSSR count). The summed E-state index contributed by atoms with van der Waals surface area (Å²) in [5, 5.41) is 10.8. The number of carbonyl (C=O) groups is 1. The quantitative estimate of drug-likeness (QED) is 0.734. The molecule has 25 heavy (non-hydrogen) atoms. The van der Waals surface area contributed by atoms with Crippen molar-refractivity contribution in [3.05, 3.63) is 11.6 Å². The zero-order chi connectivity index (χ0) is 17.0. The van der Waals surface area contributed by atoms with E-state index in [0.717, 1.165) is 32.3 Å². The van der Waals surface area contributed by atoms with Crippen molar-refractivity contribution >= 4 is 5.78 Å². The first kappa shape index (κ1) is 15.4. The van der Waals surface area contributed by atoms with E-state index in [1.165, 1.54) is 18.4 Å². The van der Waals surface area contributed by atoms with Crippen molar-refractivity contribution in [1.82, 2.24) is 0 Å². The molecule has 0 bridgehead atoms. The van der Waals surface area contributed by atoms with Crippen LogP contribution in [0.2, 0.25) is 0 Å². The first-order valence-corrected chi connectivity index (χ1v) is 10.2. The molecule has 6 aliphatic rings. The summed E-state index contributed by atoms with van der Waals surface area (Å²) in [4.78, 5) is 12.0. The summed E-state index contributed by atoms with van der Waals surface area (Å²) in [6.45, 7) is 3.38. The van der Waals surface area contributed by atoms with Crippen LogP contribution < -0.4 is 0 Å². The van der Waals surface area contributed by atoms with Crippen molar-refractivity contribution in [2.75, 3.05) is 13.2 Å². The average molecular weight is 344 g/mol. The molecule has 4 heteroatoms. The topological polar surface area (TPSA) is 55.8 Å². The molecule has 5 fully saturated rings. The van der Waals surface area contributed by atoms with Gasteiger partial charge < -0.3 is 14.6 Å². The number of carbonyl (C=O) groups excluding carboxylic acids is 1. The van der Waals surface area contributed by atoms with E-state index < -0.39 is 5.79 Å². The monoisotopic (exact) mass is 344 g/mol.